The van der Waals surface area contributed by atoms with E-state index in [0.29, 0.717) is 31.0 Å². The Balaban J connectivity index is 1.44. The molecule has 2 aliphatic heterocycles. The maximum absolute atomic E-state index is 13.8. The number of ether oxygens (including phenoxy) is 2. The van der Waals surface area contributed by atoms with E-state index in [1.807, 2.05) is 0 Å². The number of hydrogen-bond acceptors (Lipinski definition) is 6. The quantitative estimate of drug-likeness (QED) is 0.666. The SMILES string of the molecule is O=C(OC1([C@H]2COC[C@@H](C3CC3)N2S(=O)(=O)c2ccc(Cl)cc2)CC1)N1CCC[C@H]1CO. The fourth-order valence-electron chi connectivity index (χ4n) is 5.09. The number of aliphatic hydroxyl groups is 1. The van der Waals surface area contributed by atoms with Gasteiger partial charge in [-0.25, -0.2) is 13.2 Å². The van der Waals surface area contributed by atoms with E-state index in [2.05, 4.69) is 0 Å². The third-order valence-electron chi connectivity index (χ3n) is 7.22. The van der Waals surface area contributed by atoms with Crippen LogP contribution in [0, 0.1) is 5.92 Å². The van der Waals surface area contributed by atoms with Crippen molar-refractivity contribution in [3.8, 4) is 0 Å². The molecule has 0 spiro atoms. The van der Waals surface area contributed by atoms with Crippen LogP contribution in [-0.4, -0.2) is 78.9 Å². The number of hydrogen-bond donors (Lipinski definition) is 1. The molecule has 8 nitrogen and oxygen atoms in total. The fraction of sp³-hybridized carbons (Fsp3) is 0.682. The van der Waals surface area contributed by atoms with Crippen LogP contribution in [0.3, 0.4) is 0 Å². The van der Waals surface area contributed by atoms with Gasteiger partial charge in [0.1, 0.15) is 5.60 Å². The lowest BCUT2D eigenvalue weighted by Crippen LogP contribution is -2.61. The van der Waals surface area contributed by atoms with Crippen LogP contribution >= 0.6 is 11.6 Å². The lowest BCUT2D eigenvalue weighted by molar-refractivity contribution is -0.0763. The number of carbonyl (C=O) groups is 1. The van der Waals surface area contributed by atoms with Gasteiger partial charge >= 0.3 is 6.09 Å². The van der Waals surface area contributed by atoms with Crippen LogP contribution in [0.2, 0.25) is 5.02 Å². The first-order valence-electron chi connectivity index (χ1n) is 11.3. The maximum atomic E-state index is 13.8. The molecule has 2 heterocycles. The molecular weight excluding hydrogens is 456 g/mol. The molecule has 2 saturated heterocycles. The zero-order valence-electron chi connectivity index (χ0n) is 17.9. The number of carbonyl (C=O) groups excluding carboxylic acids is 1. The summed E-state index contributed by atoms with van der Waals surface area (Å²) in [5.74, 6) is 0.253. The second kappa shape index (κ2) is 8.43. The van der Waals surface area contributed by atoms with Gasteiger partial charge in [0, 0.05) is 11.6 Å². The third kappa shape index (κ3) is 4.03. The van der Waals surface area contributed by atoms with Crippen LogP contribution in [0.5, 0.6) is 0 Å². The number of halogens is 1. The molecule has 10 heteroatoms. The Labute approximate surface area is 193 Å². The van der Waals surface area contributed by atoms with Crippen LogP contribution in [0.25, 0.3) is 0 Å². The highest BCUT2D eigenvalue weighted by molar-refractivity contribution is 7.89. The van der Waals surface area contributed by atoms with Gasteiger partial charge in [-0.3, -0.25) is 0 Å². The lowest BCUT2D eigenvalue weighted by Gasteiger charge is -2.44. The van der Waals surface area contributed by atoms with Crippen molar-refractivity contribution >= 4 is 27.7 Å². The van der Waals surface area contributed by atoms with Crippen molar-refractivity contribution in [2.24, 2.45) is 5.92 Å². The molecule has 32 heavy (non-hydrogen) atoms. The van der Waals surface area contributed by atoms with E-state index in [0.717, 1.165) is 25.7 Å². The second-order valence-electron chi connectivity index (χ2n) is 9.35. The molecule has 1 aromatic carbocycles. The number of sulfonamides is 1. The van der Waals surface area contributed by atoms with Crippen LogP contribution < -0.4 is 0 Å². The molecule has 4 fully saturated rings. The summed E-state index contributed by atoms with van der Waals surface area (Å²) in [6, 6.07) is 5.10. The summed E-state index contributed by atoms with van der Waals surface area (Å²) in [7, 11) is -3.85. The number of morpholine rings is 1. The van der Waals surface area contributed by atoms with Crippen molar-refractivity contribution in [2.45, 2.75) is 67.1 Å². The van der Waals surface area contributed by atoms with E-state index in [1.54, 1.807) is 21.3 Å². The Morgan fingerprint density at radius 1 is 1.19 bits per heavy atom. The zero-order valence-corrected chi connectivity index (χ0v) is 19.4. The molecule has 2 aliphatic carbocycles. The van der Waals surface area contributed by atoms with E-state index in [1.165, 1.54) is 12.1 Å². The van der Waals surface area contributed by atoms with E-state index in [-0.39, 0.29) is 36.1 Å². The first-order valence-corrected chi connectivity index (χ1v) is 13.1. The predicted octanol–water partition coefficient (Wildman–Crippen LogP) is 2.63. The Morgan fingerprint density at radius 2 is 1.91 bits per heavy atom. The molecule has 2 saturated carbocycles. The van der Waals surface area contributed by atoms with E-state index in [4.69, 9.17) is 21.1 Å². The van der Waals surface area contributed by atoms with Crippen LogP contribution in [0.15, 0.2) is 29.2 Å². The van der Waals surface area contributed by atoms with Gasteiger partial charge in [-0.15, -0.1) is 0 Å². The summed E-state index contributed by atoms with van der Waals surface area (Å²) in [6.07, 6.45) is 4.20. The number of rotatable bonds is 6. The average molecular weight is 485 g/mol. The average Bonchev–Trinajstić information content (AvgIpc) is 3.72. The molecule has 5 rings (SSSR count). The minimum Gasteiger partial charge on any atom is -0.441 e. The number of likely N-dealkylation sites (tertiary alicyclic amines) is 1. The maximum Gasteiger partial charge on any atom is 0.410 e. The third-order valence-corrected chi connectivity index (χ3v) is 9.42. The van der Waals surface area contributed by atoms with Gasteiger partial charge in [-0.1, -0.05) is 11.6 Å². The standard InChI is InChI=1S/C22H29ClN2O6S/c23-16-5-7-18(8-6-16)32(28,29)25-19(15-3-4-15)13-30-14-20(25)22(9-10-22)31-21(27)24-11-1-2-17(24)12-26/h5-8,15,17,19-20,26H,1-4,9-14H2/t17-,19-,20+/m0/s1. The molecular formula is C22H29ClN2O6S. The summed E-state index contributed by atoms with van der Waals surface area (Å²) >= 11 is 5.98. The number of amides is 1. The molecule has 0 unspecified atom stereocenters. The summed E-state index contributed by atoms with van der Waals surface area (Å²) in [4.78, 5) is 14.7. The van der Waals surface area contributed by atoms with E-state index < -0.39 is 27.8 Å². The minimum atomic E-state index is -3.85. The molecule has 3 atom stereocenters. The Bertz CT molecular complexity index is 963. The highest BCUT2D eigenvalue weighted by Crippen LogP contribution is 2.50. The number of aliphatic hydroxyl groups excluding tert-OH is 1. The summed E-state index contributed by atoms with van der Waals surface area (Å²) in [6.45, 7) is 0.970. The van der Waals surface area contributed by atoms with Crippen molar-refractivity contribution < 1.29 is 27.8 Å². The van der Waals surface area contributed by atoms with E-state index in [9.17, 15) is 18.3 Å². The Morgan fingerprint density at radius 3 is 2.53 bits per heavy atom. The highest BCUT2D eigenvalue weighted by Gasteiger charge is 2.62. The highest BCUT2D eigenvalue weighted by atomic mass is 35.5. The lowest BCUT2D eigenvalue weighted by atomic mass is 10.0. The van der Waals surface area contributed by atoms with Gasteiger partial charge in [0.05, 0.1) is 42.8 Å². The number of nitrogens with zero attached hydrogens (tertiary/aromatic N) is 2. The molecule has 176 valence electrons. The first-order chi connectivity index (χ1) is 15.4. The normalized spacial score (nSPS) is 30.3. The van der Waals surface area contributed by atoms with Crippen molar-refractivity contribution in [3.63, 3.8) is 0 Å². The van der Waals surface area contributed by atoms with Crippen LogP contribution in [0.1, 0.15) is 38.5 Å². The van der Waals surface area contributed by atoms with Crippen molar-refractivity contribution in [3.05, 3.63) is 29.3 Å². The fourth-order valence-corrected chi connectivity index (χ4v) is 7.11. The van der Waals surface area contributed by atoms with Gasteiger partial charge in [0.15, 0.2) is 0 Å². The molecule has 1 amide bonds. The van der Waals surface area contributed by atoms with Crippen molar-refractivity contribution in [2.75, 3.05) is 26.4 Å². The largest absolute Gasteiger partial charge is 0.441 e. The summed E-state index contributed by atoms with van der Waals surface area (Å²) in [5, 5.41) is 10.0. The summed E-state index contributed by atoms with van der Waals surface area (Å²) in [5.41, 5.74) is -0.896. The molecule has 0 aromatic heterocycles. The van der Waals surface area contributed by atoms with Gasteiger partial charge in [-0.2, -0.15) is 4.31 Å². The van der Waals surface area contributed by atoms with Gasteiger partial charge < -0.3 is 19.5 Å². The molecule has 0 radical (unpaired) electrons. The Hall–Kier alpha value is -1.39. The Kier molecular flexibility index (Phi) is 5.90. The second-order valence-corrected chi connectivity index (χ2v) is 11.6. The molecule has 1 N–H and O–H groups in total. The van der Waals surface area contributed by atoms with Gasteiger partial charge in [0.25, 0.3) is 0 Å². The molecule has 1 aromatic rings. The monoisotopic (exact) mass is 484 g/mol. The predicted molar refractivity (Wildman–Crippen MR) is 117 cm³/mol. The molecule has 0 bridgehead atoms. The summed E-state index contributed by atoms with van der Waals surface area (Å²) < 4.78 is 41.1. The first kappa shape index (κ1) is 22.4. The van der Waals surface area contributed by atoms with Gasteiger partial charge in [0.2, 0.25) is 10.0 Å². The topological polar surface area (TPSA) is 96.4 Å². The molecule has 4 aliphatic rings. The van der Waals surface area contributed by atoms with Crippen molar-refractivity contribution in [1.29, 1.82) is 0 Å². The zero-order chi connectivity index (χ0) is 22.5. The van der Waals surface area contributed by atoms with E-state index >= 15 is 0 Å². The van der Waals surface area contributed by atoms with Crippen LogP contribution in [-0.2, 0) is 19.5 Å². The minimum absolute atomic E-state index is 0.102. The van der Waals surface area contributed by atoms with Crippen LogP contribution in [0.4, 0.5) is 4.79 Å². The number of benzene rings is 1. The smallest absolute Gasteiger partial charge is 0.410 e. The van der Waals surface area contributed by atoms with Crippen molar-refractivity contribution in [1.82, 2.24) is 9.21 Å². The van der Waals surface area contributed by atoms with Gasteiger partial charge in [-0.05, 0) is 68.7 Å².